The zero-order valence-electron chi connectivity index (χ0n) is 28.2. The number of aromatic nitrogens is 1. The van der Waals surface area contributed by atoms with E-state index in [0.29, 0.717) is 30.0 Å². The second-order valence-electron chi connectivity index (χ2n) is 12.8. The summed E-state index contributed by atoms with van der Waals surface area (Å²) in [5.41, 5.74) is 0.0991. The number of aryl methyl sites for hydroxylation is 1. The summed E-state index contributed by atoms with van der Waals surface area (Å²) in [5, 5.41) is 16.4. The van der Waals surface area contributed by atoms with E-state index >= 15 is 4.39 Å². The van der Waals surface area contributed by atoms with E-state index in [1.54, 1.807) is 59.7 Å². The Morgan fingerprint density at radius 2 is 1.70 bits per heavy atom. The van der Waals surface area contributed by atoms with Crippen LogP contribution in [0.25, 0.3) is 0 Å². The second-order valence-corrected chi connectivity index (χ2v) is 16.2. The van der Waals surface area contributed by atoms with Crippen LogP contribution in [0.4, 0.5) is 19.8 Å². The van der Waals surface area contributed by atoms with Gasteiger partial charge in [0.25, 0.3) is 10.0 Å². The molecular weight excluding hydrogens is 738 g/mol. The maximum atomic E-state index is 15.6. The fraction of sp³-hybridized carbons (Fsp3) is 0.438. The van der Waals surface area contributed by atoms with Gasteiger partial charge in [-0.1, -0.05) is 23.2 Å². The summed E-state index contributed by atoms with van der Waals surface area (Å²) in [5.74, 6) is -2.64. The van der Waals surface area contributed by atoms with Gasteiger partial charge in [0.2, 0.25) is 0 Å². The van der Waals surface area contributed by atoms with E-state index in [9.17, 15) is 27.9 Å². The molecule has 2 amide bonds. The van der Waals surface area contributed by atoms with Gasteiger partial charge in [0.05, 0.1) is 10.5 Å². The lowest BCUT2D eigenvalue weighted by atomic mass is 10.1. The number of nitrogens with one attached hydrogen (secondary N) is 2. The van der Waals surface area contributed by atoms with Crippen molar-refractivity contribution in [2.45, 2.75) is 82.9 Å². The summed E-state index contributed by atoms with van der Waals surface area (Å²) in [6.45, 7) is 10.4. The molecular formula is C32H39Cl2FN4O9S2. The van der Waals surface area contributed by atoms with E-state index in [4.69, 9.17) is 37.4 Å². The standard InChI is InChI=1S/C32H39Cl2FN4O9S2/c1-31(2,3)47-29(42)38-23(28(40)41)11-13-36-12-7-8-19-14-20(33)9-10-24(19)46-25-16-22(35)26(15-21(25)34)50(44,45)39(27-17-49-18-37-27)30(43)48-32(4,5)6/h9-10,14-18,23,36H,7-8,11-13H2,1-6H3,(H,38,42)(H,40,41)/t23-/m0/s1. The largest absolute Gasteiger partial charge is 0.480 e. The van der Waals surface area contributed by atoms with Crippen LogP contribution < -0.4 is 19.7 Å². The molecule has 50 heavy (non-hydrogen) atoms. The molecule has 0 unspecified atom stereocenters. The van der Waals surface area contributed by atoms with Crippen LogP contribution in [0, 0.1) is 5.82 Å². The Kier molecular flexibility index (Phi) is 13.9. The third-order valence-electron chi connectivity index (χ3n) is 6.33. The number of anilines is 1. The van der Waals surface area contributed by atoms with Gasteiger partial charge in [-0.25, -0.2) is 32.2 Å². The number of benzene rings is 2. The molecule has 0 saturated carbocycles. The smallest absolute Gasteiger partial charge is 0.430 e. The monoisotopic (exact) mass is 776 g/mol. The lowest BCUT2D eigenvalue weighted by Gasteiger charge is -2.26. The number of sulfonamides is 1. The summed E-state index contributed by atoms with van der Waals surface area (Å²) < 4.78 is 59.4. The zero-order chi connectivity index (χ0) is 37.4. The van der Waals surface area contributed by atoms with Gasteiger partial charge in [-0.3, -0.25) is 0 Å². The molecule has 1 heterocycles. The van der Waals surface area contributed by atoms with Gasteiger partial charge in [0.15, 0.2) is 5.82 Å². The zero-order valence-corrected chi connectivity index (χ0v) is 31.4. The van der Waals surface area contributed by atoms with Crippen molar-refractivity contribution >= 4 is 68.5 Å². The Morgan fingerprint density at radius 1 is 1.02 bits per heavy atom. The first kappa shape index (κ1) is 40.7. The van der Waals surface area contributed by atoms with E-state index in [-0.39, 0.29) is 39.6 Å². The highest BCUT2D eigenvalue weighted by Crippen LogP contribution is 2.37. The van der Waals surface area contributed by atoms with Gasteiger partial charge in [-0.05, 0) is 104 Å². The minimum atomic E-state index is -4.89. The minimum absolute atomic E-state index is 0.106. The topological polar surface area (TPSA) is 173 Å². The fourth-order valence-corrected chi connectivity index (χ4v) is 6.65. The predicted octanol–water partition coefficient (Wildman–Crippen LogP) is 7.40. The van der Waals surface area contributed by atoms with Crippen molar-refractivity contribution < 1.29 is 46.5 Å². The molecule has 274 valence electrons. The molecule has 1 aromatic heterocycles. The highest BCUT2D eigenvalue weighted by atomic mass is 35.5. The molecule has 3 rings (SSSR count). The normalized spacial score (nSPS) is 12.6. The molecule has 0 aliphatic rings. The Bertz CT molecular complexity index is 1780. The van der Waals surface area contributed by atoms with Crippen molar-refractivity contribution in [3.63, 3.8) is 0 Å². The average Bonchev–Trinajstić information content (AvgIpc) is 3.49. The van der Waals surface area contributed by atoms with Crippen molar-refractivity contribution in [1.29, 1.82) is 0 Å². The molecule has 0 aliphatic carbocycles. The first-order valence-electron chi connectivity index (χ1n) is 15.2. The third-order valence-corrected chi connectivity index (χ3v) is 9.12. The number of hydrogen-bond acceptors (Lipinski definition) is 11. The van der Waals surface area contributed by atoms with Crippen molar-refractivity contribution in [2.75, 3.05) is 17.4 Å². The van der Waals surface area contributed by atoms with Crippen LogP contribution in [0.15, 0.2) is 46.1 Å². The Labute approximate surface area is 304 Å². The number of hydrogen-bond donors (Lipinski definition) is 3. The number of alkyl carbamates (subject to hydrolysis) is 1. The number of carboxylic acids is 1. The van der Waals surface area contributed by atoms with E-state index in [1.807, 2.05) is 0 Å². The molecule has 0 saturated heterocycles. The van der Waals surface area contributed by atoms with Crippen LogP contribution >= 0.6 is 34.5 Å². The van der Waals surface area contributed by atoms with Gasteiger partial charge in [0.1, 0.15) is 39.5 Å². The van der Waals surface area contributed by atoms with Gasteiger partial charge < -0.3 is 30.0 Å². The van der Waals surface area contributed by atoms with Crippen LogP contribution in [-0.2, 0) is 30.7 Å². The summed E-state index contributed by atoms with van der Waals surface area (Å²) in [7, 11) is -4.89. The Balaban J connectivity index is 1.71. The van der Waals surface area contributed by atoms with Gasteiger partial charge in [0, 0.05) is 16.5 Å². The number of aliphatic carboxylic acids is 1. The third kappa shape index (κ3) is 12.0. The molecule has 1 atom stereocenters. The van der Waals surface area contributed by atoms with E-state index in [1.165, 1.54) is 10.9 Å². The van der Waals surface area contributed by atoms with Crippen LogP contribution in [0.2, 0.25) is 10.0 Å². The number of halogens is 3. The molecule has 0 spiro atoms. The molecule has 0 fully saturated rings. The quantitative estimate of drug-likeness (QED) is 0.139. The van der Waals surface area contributed by atoms with Crippen LogP contribution in [0.5, 0.6) is 11.5 Å². The first-order chi connectivity index (χ1) is 23.2. The van der Waals surface area contributed by atoms with Gasteiger partial charge in [-0.15, -0.1) is 15.6 Å². The van der Waals surface area contributed by atoms with Crippen LogP contribution in [0.3, 0.4) is 0 Å². The molecule has 2 aromatic carbocycles. The SMILES string of the molecule is CC(C)(C)OC(=O)N[C@@H](CCNCCCc1cc(Cl)ccc1Oc1cc(F)c(S(=O)(=O)N(C(=O)OC(C)(C)C)c2cscn2)cc1Cl)C(=O)O. The molecule has 0 aliphatic heterocycles. The summed E-state index contributed by atoms with van der Waals surface area (Å²) >= 11 is 13.7. The van der Waals surface area contributed by atoms with Crippen molar-refractivity contribution in [2.24, 2.45) is 0 Å². The summed E-state index contributed by atoms with van der Waals surface area (Å²) in [6, 6.07) is 5.25. The molecule has 13 nitrogen and oxygen atoms in total. The highest BCUT2D eigenvalue weighted by Gasteiger charge is 2.38. The summed E-state index contributed by atoms with van der Waals surface area (Å²) in [6.07, 6.45) is -1.03. The van der Waals surface area contributed by atoms with E-state index in [2.05, 4.69) is 15.6 Å². The number of thiazole rings is 1. The molecule has 3 N–H and O–H groups in total. The van der Waals surface area contributed by atoms with Crippen molar-refractivity contribution in [3.8, 4) is 11.5 Å². The molecule has 0 bridgehead atoms. The summed E-state index contributed by atoms with van der Waals surface area (Å²) in [4.78, 5) is 39.5. The maximum absolute atomic E-state index is 15.6. The number of rotatable bonds is 14. The Hall–Kier alpha value is -3.70. The predicted molar refractivity (Wildman–Crippen MR) is 188 cm³/mol. The van der Waals surface area contributed by atoms with Crippen molar-refractivity contribution in [1.82, 2.24) is 15.6 Å². The number of carbonyl (C=O) groups excluding carboxylic acids is 2. The molecule has 18 heteroatoms. The van der Waals surface area contributed by atoms with Crippen molar-refractivity contribution in [3.05, 3.63) is 62.6 Å². The van der Waals surface area contributed by atoms with Crippen LogP contribution in [0.1, 0.15) is 59.9 Å². The first-order valence-corrected chi connectivity index (χ1v) is 18.4. The molecule has 3 aromatic rings. The van der Waals surface area contributed by atoms with E-state index < -0.39 is 56.1 Å². The number of carbonyl (C=O) groups is 3. The lowest BCUT2D eigenvalue weighted by Crippen LogP contribution is -2.44. The van der Waals surface area contributed by atoms with Gasteiger partial charge >= 0.3 is 18.2 Å². The number of amides is 2. The average molecular weight is 778 g/mol. The Morgan fingerprint density at radius 3 is 2.30 bits per heavy atom. The fourth-order valence-electron chi connectivity index (χ4n) is 4.25. The number of nitrogens with zero attached hydrogens (tertiary/aromatic N) is 2. The highest BCUT2D eigenvalue weighted by molar-refractivity contribution is 7.93. The maximum Gasteiger partial charge on any atom is 0.430 e. The van der Waals surface area contributed by atoms with E-state index in [0.717, 1.165) is 23.5 Å². The number of carboxylic acid groups (broad SMARTS) is 1. The minimum Gasteiger partial charge on any atom is -0.480 e. The lowest BCUT2D eigenvalue weighted by molar-refractivity contribution is -0.139. The number of ether oxygens (including phenoxy) is 3. The van der Waals surface area contributed by atoms with Gasteiger partial charge in [-0.2, -0.15) is 0 Å². The van der Waals surface area contributed by atoms with Crippen LogP contribution in [-0.4, -0.2) is 67.0 Å². The molecule has 0 radical (unpaired) electrons. The second kappa shape index (κ2) is 17.0.